The number of rotatable bonds is 1. The third-order valence-electron chi connectivity index (χ3n) is 2.27. The molecule has 2 rings (SSSR count). The molecule has 0 unspecified atom stereocenters. The van der Waals surface area contributed by atoms with Crippen LogP contribution >= 0.6 is 0 Å². The van der Waals surface area contributed by atoms with E-state index in [9.17, 15) is 9.59 Å². The van der Waals surface area contributed by atoms with Crippen molar-refractivity contribution in [3.05, 3.63) is 48.2 Å². The second-order valence-electron chi connectivity index (χ2n) is 3.53. The molecular formula is C12H12N4O2. The Balaban J connectivity index is 1.85. The van der Waals surface area contributed by atoms with Crippen LogP contribution in [0.5, 0.6) is 0 Å². The van der Waals surface area contributed by atoms with Crippen LogP contribution < -0.4 is 10.9 Å². The van der Waals surface area contributed by atoms with Gasteiger partial charge in [-0.05, 0) is 18.2 Å². The molecule has 0 aliphatic carbocycles. The summed E-state index contributed by atoms with van der Waals surface area (Å²) >= 11 is 0. The lowest BCUT2D eigenvalue weighted by molar-refractivity contribution is 0.0932. The predicted octanol–water partition coefficient (Wildman–Crippen LogP) is 0.899. The maximum atomic E-state index is 11.6. The minimum absolute atomic E-state index is 0.240. The van der Waals surface area contributed by atoms with Crippen molar-refractivity contribution in [1.29, 1.82) is 0 Å². The summed E-state index contributed by atoms with van der Waals surface area (Å²) in [6.45, 7) is 0.240. The van der Waals surface area contributed by atoms with Crippen molar-refractivity contribution in [3.8, 4) is 0 Å². The maximum absolute atomic E-state index is 11.6. The highest BCUT2D eigenvalue weighted by Gasteiger charge is 2.12. The minimum Gasteiger partial charge on any atom is -0.280 e. The lowest BCUT2D eigenvalue weighted by atomic mass is 10.2. The number of hydrogen-bond acceptors (Lipinski definition) is 3. The van der Waals surface area contributed by atoms with Gasteiger partial charge in [-0.2, -0.15) is 0 Å². The second kappa shape index (κ2) is 5.62. The summed E-state index contributed by atoms with van der Waals surface area (Å²) in [6.07, 6.45) is 4.82. The van der Waals surface area contributed by atoms with Crippen LogP contribution in [0.4, 0.5) is 4.79 Å². The molecule has 0 saturated carbocycles. The zero-order valence-electron chi connectivity index (χ0n) is 9.54. The van der Waals surface area contributed by atoms with E-state index in [2.05, 4.69) is 15.8 Å². The van der Waals surface area contributed by atoms with Crippen molar-refractivity contribution < 1.29 is 9.59 Å². The maximum Gasteiger partial charge on any atom is 0.341 e. The van der Waals surface area contributed by atoms with Gasteiger partial charge in [0.15, 0.2) is 0 Å². The fraction of sp³-hybridized carbons (Fsp3) is 0.0833. The predicted molar refractivity (Wildman–Crippen MR) is 66.8 cm³/mol. The third-order valence-corrected chi connectivity index (χ3v) is 2.27. The normalized spacial score (nSPS) is 13.2. The van der Waals surface area contributed by atoms with Crippen LogP contribution in [-0.4, -0.2) is 29.7 Å². The van der Waals surface area contributed by atoms with Gasteiger partial charge < -0.3 is 0 Å². The van der Waals surface area contributed by atoms with Crippen LogP contribution in [0.15, 0.2) is 47.6 Å². The topological polar surface area (TPSA) is 73.8 Å². The first-order valence-electron chi connectivity index (χ1n) is 5.36. The lowest BCUT2D eigenvalue weighted by Crippen LogP contribution is -2.47. The van der Waals surface area contributed by atoms with Crippen molar-refractivity contribution >= 4 is 18.2 Å². The van der Waals surface area contributed by atoms with E-state index in [0.29, 0.717) is 5.56 Å². The Kier molecular flexibility index (Phi) is 3.70. The van der Waals surface area contributed by atoms with Crippen LogP contribution in [0, 0.1) is 0 Å². The SMILES string of the molecule is O=C(NNC(=O)N1C=CC=NC1)c1ccccc1. The number of allylic oxidation sites excluding steroid dienone is 1. The standard InChI is InChI=1S/C12H12N4O2/c17-11(10-5-2-1-3-6-10)14-15-12(18)16-8-4-7-13-9-16/h1-8H,9H2,(H,14,17)(H,15,18). The smallest absolute Gasteiger partial charge is 0.280 e. The Labute approximate surface area is 104 Å². The average molecular weight is 244 g/mol. The van der Waals surface area contributed by atoms with Gasteiger partial charge in [-0.25, -0.2) is 10.2 Å². The van der Waals surface area contributed by atoms with Gasteiger partial charge in [0.05, 0.1) is 0 Å². The molecule has 1 aromatic carbocycles. The van der Waals surface area contributed by atoms with Crippen LogP contribution in [0.1, 0.15) is 10.4 Å². The molecule has 0 bridgehead atoms. The van der Waals surface area contributed by atoms with Gasteiger partial charge in [0.2, 0.25) is 0 Å². The van der Waals surface area contributed by atoms with Gasteiger partial charge in [-0.3, -0.25) is 20.1 Å². The first-order valence-corrected chi connectivity index (χ1v) is 5.36. The summed E-state index contributed by atoms with van der Waals surface area (Å²) in [5.41, 5.74) is 5.12. The van der Waals surface area contributed by atoms with Crippen LogP contribution in [-0.2, 0) is 0 Å². The number of hydrogen-bond donors (Lipinski definition) is 2. The van der Waals surface area contributed by atoms with Crippen molar-refractivity contribution in [2.45, 2.75) is 0 Å². The van der Waals surface area contributed by atoms with Gasteiger partial charge >= 0.3 is 6.03 Å². The Morgan fingerprint density at radius 3 is 2.61 bits per heavy atom. The van der Waals surface area contributed by atoms with Gasteiger partial charge in [0, 0.05) is 18.0 Å². The van der Waals surface area contributed by atoms with Gasteiger partial charge in [0.25, 0.3) is 5.91 Å². The van der Waals surface area contributed by atoms with Crippen molar-refractivity contribution in [3.63, 3.8) is 0 Å². The van der Waals surface area contributed by atoms with Crippen molar-refractivity contribution in [2.75, 3.05) is 6.67 Å². The Hall–Kier alpha value is -2.63. The first-order chi connectivity index (χ1) is 8.77. The molecule has 2 N–H and O–H groups in total. The number of nitrogens with one attached hydrogen (secondary N) is 2. The lowest BCUT2D eigenvalue weighted by Gasteiger charge is -2.18. The van der Waals surface area contributed by atoms with Gasteiger partial charge in [-0.1, -0.05) is 18.2 Å². The van der Waals surface area contributed by atoms with Crippen LogP contribution in [0.3, 0.4) is 0 Å². The highest BCUT2D eigenvalue weighted by Crippen LogP contribution is 1.98. The van der Waals surface area contributed by atoms with E-state index in [1.165, 1.54) is 4.90 Å². The second-order valence-corrected chi connectivity index (χ2v) is 3.53. The fourth-order valence-corrected chi connectivity index (χ4v) is 1.36. The highest BCUT2D eigenvalue weighted by molar-refractivity contribution is 5.95. The molecular weight excluding hydrogens is 232 g/mol. The van der Waals surface area contributed by atoms with Crippen LogP contribution in [0.25, 0.3) is 0 Å². The van der Waals surface area contributed by atoms with E-state index in [4.69, 9.17) is 0 Å². The summed E-state index contributed by atoms with van der Waals surface area (Å²) in [4.78, 5) is 28.5. The van der Waals surface area contributed by atoms with Crippen molar-refractivity contribution in [2.24, 2.45) is 4.99 Å². The number of carbonyl (C=O) groups is 2. The largest absolute Gasteiger partial charge is 0.341 e. The quantitative estimate of drug-likeness (QED) is 0.720. The molecule has 92 valence electrons. The molecule has 3 amide bonds. The molecule has 1 aromatic rings. The molecule has 0 fully saturated rings. The minimum atomic E-state index is -0.438. The number of aliphatic imine (C=N–C) groups is 1. The zero-order chi connectivity index (χ0) is 12.8. The number of nitrogens with zero attached hydrogens (tertiary/aromatic N) is 2. The summed E-state index contributed by atoms with van der Waals surface area (Å²) < 4.78 is 0. The Morgan fingerprint density at radius 1 is 1.17 bits per heavy atom. The van der Waals surface area contributed by atoms with Gasteiger partial charge in [-0.15, -0.1) is 0 Å². The van der Waals surface area contributed by atoms with E-state index in [1.54, 1.807) is 42.8 Å². The summed E-state index contributed by atoms with van der Waals surface area (Å²) in [6, 6.07) is 8.19. The third kappa shape index (κ3) is 2.94. The summed E-state index contributed by atoms with van der Waals surface area (Å²) in [7, 11) is 0. The van der Waals surface area contributed by atoms with Gasteiger partial charge in [0.1, 0.15) is 6.67 Å². The van der Waals surface area contributed by atoms with E-state index >= 15 is 0 Å². The molecule has 0 saturated heterocycles. The van der Waals surface area contributed by atoms with Crippen LogP contribution in [0.2, 0.25) is 0 Å². The average Bonchev–Trinajstić information content (AvgIpc) is 2.46. The van der Waals surface area contributed by atoms with E-state index < -0.39 is 6.03 Å². The molecule has 1 heterocycles. The Morgan fingerprint density at radius 2 is 1.94 bits per heavy atom. The molecule has 6 nitrogen and oxygen atoms in total. The highest BCUT2D eigenvalue weighted by atomic mass is 16.2. The molecule has 18 heavy (non-hydrogen) atoms. The van der Waals surface area contributed by atoms with E-state index in [-0.39, 0.29) is 12.6 Å². The number of hydrazine groups is 1. The molecule has 6 heteroatoms. The monoisotopic (exact) mass is 244 g/mol. The number of carbonyl (C=O) groups excluding carboxylic acids is 2. The first kappa shape index (κ1) is 11.8. The van der Waals surface area contributed by atoms with E-state index in [0.717, 1.165) is 0 Å². The fourth-order valence-electron chi connectivity index (χ4n) is 1.36. The number of urea groups is 1. The van der Waals surface area contributed by atoms with E-state index in [1.807, 2.05) is 6.07 Å². The zero-order valence-corrected chi connectivity index (χ0v) is 9.54. The molecule has 0 aromatic heterocycles. The number of amides is 3. The molecule has 1 aliphatic rings. The Bertz CT molecular complexity index is 496. The molecule has 0 radical (unpaired) electrons. The molecule has 1 aliphatic heterocycles. The number of benzene rings is 1. The summed E-state index contributed by atoms with van der Waals surface area (Å²) in [5, 5.41) is 0. The van der Waals surface area contributed by atoms with Crippen molar-refractivity contribution in [1.82, 2.24) is 15.8 Å². The molecule has 0 spiro atoms. The molecule has 0 atom stereocenters. The summed E-state index contributed by atoms with van der Waals surface area (Å²) in [5.74, 6) is -0.367.